The third-order valence-corrected chi connectivity index (χ3v) is 6.02. The number of nitrogens with zero attached hydrogens (tertiary/aromatic N) is 4. The maximum absolute atomic E-state index is 13.0. The van der Waals surface area contributed by atoms with Gasteiger partial charge in [-0.15, -0.1) is 5.10 Å². The van der Waals surface area contributed by atoms with E-state index in [4.69, 9.17) is 4.74 Å². The molecule has 2 aliphatic heterocycles. The molecule has 0 aliphatic carbocycles. The van der Waals surface area contributed by atoms with Crippen molar-refractivity contribution in [3.05, 3.63) is 47.3 Å². The van der Waals surface area contributed by atoms with Gasteiger partial charge in [-0.1, -0.05) is 35.5 Å². The molecule has 7 heteroatoms. The van der Waals surface area contributed by atoms with Gasteiger partial charge < -0.3 is 15.0 Å². The Bertz CT molecular complexity index is 801. The van der Waals surface area contributed by atoms with Crippen molar-refractivity contribution in [3.63, 3.8) is 0 Å². The van der Waals surface area contributed by atoms with Crippen molar-refractivity contribution in [2.45, 2.75) is 51.2 Å². The molecule has 2 aliphatic rings. The lowest BCUT2D eigenvalue weighted by molar-refractivity contribution is 0.0522. The van der Waals surface area contributed by atoms with E-state index in [1.807, 2.05) is 22.6 Å². The second kappa shape index (κ2) is 9.50. The van der Waals surface area contributed by atoms with E-state index in [2.05, 4.69) is 39.9 Å². The predicted molar refractivity (Wildman–Crippen MR) is 111 cm³/mol. The van der Waals surface area contributed by atoms with Crippen LogP contribution >= 0.6 is 0 Å². The van der Waals surface area contributed by atoms with Crippen molar-refractivity contribution in [2.24, 2.45) is 0 Å². The van der Waals surface area contributed by atoms with Gasteiger partial charge in [0.25, 0.3) is 5.91 Å². The van der Waals surface area contributed by atoms with Crippen LogP contribution in [0, 0.1) is 6.92 Å². The summed E-state index contributed by atoms with van der Waals surface area (Å²) in [7, 11) is 0. The van der Waals surface area contributed by atoms with Crippen molar-refractivity contribution < 1.29 is 9.53 Å². The van der Waals surface area contributed by atoms with Crippen LogP contribution in [0.3, 0.4) is 0 Å². The van der Waals surface area contributed by atoms with Crippen LogP contribution < -0.4 is 5.32 Å². The molecule has 0 spiro atoms. The molecule has 2 fully saturated rings. The lowest BCUT2D eigenvalue weighted by Gasteiger charge is -2.23. The molecule has 1 atom stereocenters. The molecule has 1 N–H and O–H groups in total. The second-order valence-electron chi connectivity index (χ2n) is 8.07. The van der Waals surface area contributed by atoms with Crippen LogP contribution in [0.25, 0.3) is 0 Å². The van der Waals surface area contributed by atoms with Gasteiger partial charge in [-0.25, -0.2) is 4.68 Å². The third-order valence-electron chi connectivity index (χ3n) is 6.02. The Morgan fingerprint density at radius 2 is 2.00 bits per heavy atom. The number of piperidine rings is 1. The highest BCUT2D eigenvalue weighted by Gasteiger charge is 2.31. The summed E-state index contributed by atoms with van der Waals surface area (Å²) in [5.74, 6) is -0.0157. The van der Waals surface area contributed by atoms with E-state index in [1.165, 1.54) is 5.56 Å². The van der Waals surface area contributed by atoms with Gasteiger partial charge in [0.15, 0.2) is 5.69 Å². The first-order valence-corrected chi connectivity index (χ1v) is 10.8. The number of aromatic nitrogens is 3. The van der Waals surface area contributed by atoms with Crippen LogP contribution in [-0.2, 0) is 11.2 Å². The van der Waals surface area contributed by atoms with E-state index < -0.39 is 0 Å². The first-order chi connectivity index (χ1) is 14.2. The fourth-order valence-electron chi connectivity index (χ4n) is 4.31. The van der Waals surface area contributed by atoms with Crippen LogP contribution in [-0.4, -0.2) is 64.7 Å². The fourth-order valence-corrected chi connectivity index (χ4v) is 4.31. The van der Waals surface area contributed by atoms with Gasteiger partial charge in [0.2, 0.25) is 0 Å². The van der Waals surface area contributed by atoms with Crippen molar-refractivity contribution in [1.82, 2.24) is 25.2 Å². The molecule has 0 bridgehead atoms. The first kappa shape index (κ1) is 20.0. The topological polar surface area (TPSA) is 72.3 Å². The summed E-state index contributed by atoms with van der Waals surface area (Å²) in [6.07, 6.45) is 5.08. The molecular weight excluding hydrogens is 366 g/mol. The van der Waals surface area contributed by atoms with E-state index in [-0.39, 0.29) is 12.0 Å². The lowest BCUT2D eigenvalue weighted by Crippen LogP contribution is -2.32. The van der Waals surface area contributed by atoms with Gasteiger partial charge in [0, 0.05) is 19.7 Å². The minimum absolute atomic E-state index is 0.0157. The minimum atomic E-state index is -0.0157. The zero-order valence-corrected chi connectivity index (χ0v) is 17.2. The summed E-state index contributed by atoms with van der Waals surface area (Å²) in [5.41, 5.74) is 2.72. The Labute approximate surface area is 172 Å². The Morgan fingerprint density at radius 3 is 2.79 bits per heavy atom. The Hall–Kier alpha value is -2.25. The van der Waals surface area contributed by atoms with E-state index in [9.17, 15) is 4.79 Å². The van der Waals surface area contributed by atoms with Gasteiger partial charge in [-0.2, -0.15) is 0 Å². The number of carbonyl (C=O) groups is 1. The number of ether oxygens (including phenoxy) is 1. The highest BCUT2D eigenvalue weighted by molar-refractivity contribution is 5.93. The highest BCUT2D eigenvalue weighted by Crippen LogP contribution is 2.22. The van der Waals surface area contributed by atoms with Gasteiger partial charge in [0.1, 0.15) is 0 Å². The van der Waals surface area contributed by atoms with Crippen LogP contribution in [0.4, 0.5) is 0 Å². The van der Waals surface area contributed by atoms with Gasteiger partial charge in [-0.3, -0.25) is 4.79 Å². The molecule has 0 unspecified atom stereocenters. The average molecular weight is 398 g/mol. The van der Waals surface area contributed by atoms with Crippen molar-refractivity contribution >= 4 is 5.91 Å². The second-order valence-corrected chi connectivity index (χ2v) is 8.07. The lowest BCUT2D eigenvalue weighted by atomic mass is 10.1. The maximum atomic E-state index is 13.0. The molecule has 0 saturated carbocycles. The minimum Gasteiger partial charge on any atom is -0.376 e. The fraction of sp³-hybridized carbons (Fsp3) is 0.591. The maximum Gasteiger partial charge on any atom is 0.276 e. The van der Waals surface area contributed by atoms with Crippen molar-refractivity contribution in [1.29, 1.82) is 0 Å². The zero-order chi connectivity index (χ0) is 20.1. The quantitative estimate of drug-likeness (QED) is 0.727. The van der Waals surface area contributed by atoms with E-state index in [0.29, 0.717) is 18.3 Å². The Kier molecular flexibility index (Phi) is 6.56. The Balaban J connectivity index is 1.25. The van der Waals surface area contributed by atoms with Crippen LogP contribution in [0.2, 0.25) is 0 Å². The molecule has 2 saturated heterocycles. The number of carbonyl (C=O) groups excluding carboxylic acids is 1. The van der Waals surface area contributed by atoms with E-state index >= 15 is 0 Å². The predicted octanol–water partition coefficient (Wildman–Crippen LogP) is 2.37. The number of benzene rings is 1. The van der Waals surface area contributed by atoms with Crippen LogP contribution in [0.15, 0.2) is 30.3 Å². The van der Waals surface area contributed by atoms with E-state index in [1.54, 1.807) is 0 Å². The third kappa shape index (κ3) is 4.85. The molecule has 3 heterocycles. The molecule has 156 valence electrons. The number of hydrogen-bond donors (Lipinski definition) is 1. The molecule has 7 nitrogen and oxygen atoms in total. The van der Waals surface area contributed by atoms with Crippen molar-refractivity contribution in [3.8, 4) is 0 Å². The molecule has 1 aromatic heterocycles. The highest BCUT2D eigenvalue weighted by atomic mass is 16.5. The zero-order valence-electron chi connectivity index (χ0n) is 17.2. The summed E-state index contributed by atoms with van der Waals surface area (Å²) in [4.78, 5) is 14.8. The summed E-state index contributed by atoms with van der Waals surface area (Å²) in [6.45, 7) is 6.03. The molecular formula is C22H31N5O2. The van der Waals surface area contributed by atoms with Gasteiger partial charge in [-0.05, 0) is 57.7 Å². The molecule has 29 heavy (non-hydrogen) atoms. The molecule has 1 aromatic carbocycles. The summed E-state index contributed by atoms with van der Waals surface area (Å²) < 4.78 is 7.98. The number of amides is 1. The number of rotatable bonds is 7. The molecule has 2 aromatic rings. The Morgan fingerprint density at radius 1 is 1.21 bits per heavy atom. The van der Waals surface area contributed by atoms with Crippen molar-refractivity contribution in [2.75, 3.05) is 32.8 Å². The number of nitrogens with one attached hydrogen (secondary N) is 1. The van der Waals surface area contributed by atoms with Gasteiger partial charge >= 0.3 is 0 Å². The normalized spacial score (nSPS) is 20.3. The van der Waals surface area contributed by atoms with Crippen LogP contribution in [0.1, 0.15) is 53.5 Å². The SMILES string of the molecule is Cc1c(C(=O)N2CC[C@H](OCCCc3ccccc3)C2)nnn1C1CCNCC1. The number of hydrogen-bond acceptors (Lipinski definition) is 5. The summed E-state index contributed by atoms with van der Waals surface area (Å²) in [5, 5.41) is 11.9. The summed E-state index contributed by atoms with van der Waals surface area (Å²) in [6, 6.07) is 10.8. The number of aryl methyl sites for hydroxylation is 1. The summed E-state index contributed by atoms with van der Waals surface area (Å²) >= 11 is 0. The number of likely N-dealkylation sites (tertiary alicyclic amines) is 1. The standard InChI is InChI=1S/C22H31N5O2/c1-17-21(24-25-27(17)19-9-12-23-13-10-19)22(28)26-14-11-20(16-26)29-15-5-8-18-6-3-2-4-7-18/h2-4,6-7,19-20,23H,5,8-16H2,1H3/t20-/m0/s1. The molecule has 0 radical (unpaired) electrons. The van der Waals surface area contributed by atoms with E-state index in [0.717, 1.165) is 64.0 Å². The van der Waals surface area contributed by atoms with Crippen LogP contribution in [0.5, 0.6) is 0 Å². The van der Waals surface area contributed by atoms with Gasteiger partial charge in [0.05, 0.1) is 17.8 Å². The molecule has 4 rings (SSSR count). The molecule has 1 amide bonds. The smallest absolute Gasteiger partial charge is 0.276 e. The average Bonchev–Trinajstić information content (AvgIpc) is 3.39. The largest absolute Gasteiger partial charge is 0.376 e. The monoisotopic (exact) mass is 397 g/mol. The first-order valence-electron chi connectivity index (χ1n) is 10.8.